The first-order valence-electron chi connectivity index (χ1n) is 6.72. The van der Waals surface area contributed by atoms with E-state index in [9.17, 15) is 4.79 Å². The molecule has 0 atom stereocenters. The fraction of sp³-hybridized carbons (Fsp3) is 0.176. The molecular weight excluding hydrogens is 296 g/mol. The van der Waals surface area contributed by atoms with Crippen LogP contribution in [0.25, 0.3) is 0 Å². The normalized spacial score (nSPS) is 9.82. The lowest BCUT2D eigenvalue weighted by Gasteiger charge is -2.06. The first kappa shape index (κ1) is 15.9. The van der Waals surface area contributed by atoms with Crippen LogP contribution in [0, 0.1) is 11.3 Å². The van der Waals surface area contributed by atoms with E-state index < -0.39 is 0 Å². The molecular formula is C17H16N2O2S. The van der Waals surface area contributed by atoms with Crippen molar-refractivity contribution in [2.24, 2.45) is 0 Å². The summed E-state index contributed by atoms with van der Waals surface area (Å²) in [5.74, 6) is 1.77. The van der Waals surface area contributed by atoms with Crippen molar-refractivity contribution in [1.29, 1.82) is 5.26 Å². The highest BCUT2D eigenvalue weighted by atomic mass is 32.2. The number of hydrogen-bond acceptors (Lipinski definition) is 4. The topological polar surface area (TPSA) is 62.1 Å². The van der Waals surface area contributed by atoms with Gasteiger partial charge < -0.3 is 10.1 Å². The number of benzene rings is 2. The van der Waals surface area contributed by atoms with Gasteiger partial charge >= 0.3 is 0 Å². The summed E-state index contributed by atoms with van der Waals surface area (Å²) < 4.78 is 5.07. The van der Waals surface area contributed by atoms with Crippen molar-refractivity contribution in [1.82, 2.24) is 0 Å². The van der Waals surface area contributed by atoms with Crippen molar-refractivity contribution >= 4 is 23.4 Å². The standard InChI is InChI=1S/C17H16N2O2S/c1-21-16-7-5-15(6-8-16)19-17(20)12-22-11-14-4-2-3-13(9-14)10-18/h2-9H,11-12H2,1H3,(H,19,20). The van der Waals surface area contributed by atoms with E-state index in [4.69, 9.17) is 10.00 Å². The number of nitrogens with zero attached hydrogens (tertiary/aromatic N) is 1. The lowest BCUT2D eigenvalue weighted by atomic mass is 10.2. The van der Waals surface area contributed by atoms with Gasteiger partial charge in [-0.15, -0.1) is 11.8 Å². The Bertz CT molecular complexity index is 678. The van der Waals surface area contributed by atoms with Crippen LogP contribution in [0.2, 0.25) is 0 Å². The lowest BCUT2D eigenvalue weighted by molar-refractivity contribution is -0.113. The van der Waals surface area contributed by atoms with Crippen LogP contribution in [-0.2, 0) is 10.5 Å². The third-order valence-electron chi connectivity index (χ3n) is 2.93. The van der Waals surface area contributed by atoms with Crippen molar-refractivity contribution in [2.45, 2.75) is 5.75 Å². The Morgan fingerprint density at radius 2 is 2.05 bits per heavy atom. The molecule has 4 nitrogen and oxygen atoms in total. The molecule has 0 bridgehead atoms. The molecule has 22 heavy (non-hydrogen) atoms. The van der Waals surface area contributed by atoms with Crippen LogP contribution in [-0.4, -0.2) is 18.8 Å². The Hall–Kier alpha value is -2.45. The summed E-state index contributed by atoms with van der Waals surface area (Å²) >= 11 is 1.51. The second-order valence-electron chi connectivity index (χ2n) is 4.58. The highest BCUT2D eigenvalue weighted by Crippen LogP contribution is 2.17. The van der Waals surface area contributed by atoms with E-state index in [2.05, 4.69) is 11.4 Å². The number of amides is 1. The first-order chi connectivity index (χ1) is 10.7. The fourth-order valence-electron chi connectivity index (χ4n) is 1.86. The number of nitrogens with one attached hydrogen (secondary N) is 1. The van der Waals surface area contributed by atoms with Crippen LogP contribution in [0.1, 0.15) is 11.1 Å². The molecule has 0 saturated carbocycles. The van der Waals surface area contributed by atoms with E-state index >= 15 is 0 Å². The van der Waals surface area contributed by atoms with Crippen molar-refractivity contribution in [3.8, 4) is 11.8 Å². The minimum Gasteiger partial charge on any atom is -0.497 e. The number of methoxy groups -OCH3 is 1. The van der Waals surface area contributed by atoms with Crippen molar-refractivity contribution in [2.75, 3.05) is 18.2 Å². The molecule has 0 heterocycles. The zero-order chi connectivity index (χ0) is 15.8. The summed E-state index contributed by atoms with van der Waals surface area (Å²) in [5, 5.41) is 11.7. The molecule has 0 fully saturated rings. The Morgan fingerprint density at radius 1 is 1.27 bits per heavy atom. The van der Waals surface area contributed by atoms with Crippen molar-refractivity contribution in [3.63, 3.8) is 0 Å². The van der Waals surface area contributed by atoms with E-state index in [-0.39, 0.29) is 5.91 Å². The van der Waals surface area contributed by atoms with Gasteiger partial charge in [0.1, 0.15) is 5.75 Å². The molecule has 2 rings (SSSR count). The highest BCUT2D eigenvalue weighted by molar-refractivity contribution is 7.99. The van der Waals surface area contributed by atoms with Gasteiger partial charge in [-0.2, -0.15) is 5.26 Å². The Labute approximate surface area is 134 Å². The molecule has 0 aliphatic rings. The largest absolute Gasteiger partial charge is 0.497 e. The second-order valence-corrected chi connectivity index (χ2v) is 5.57. The zero-order valence-corrected chi connectivity index (χ0v) is 13.0. The average molecular weight is 312 g/mol. The van der Waals surface area contributed by atoms with Crippen LogP contribution >= 0.6 is 11.8 Å². The number of rotatable bonds is 6. The molecule has 112 valence electrons. The van der Waals surface area contributed by atoms with Crippen LogP contribution in [0.4, 0.5) is 5.69 Å². The molecule has 0 aliphatic heterocycles. The van der Waals surface area contributed by atoms with E-state index in [1.165, 1.54) is 11.8 Å². The number of ether oxygens (including phenoxy) is 1. The molecule has 0 aliphatic carbocycles. The number of carbonyl (C=O) groups is 1. The number of hydrogen-bond donors (Lipinski definition) is 1. The zero-order valence-electron chi connectivity index (χ0n) is 12.2. The van der Waals surface area contributed by atoms with Crippen LogP contribution < -0.4 is 10.1 Å². The summed E-state index contributed by atoms with van der Waals surface area (Å²) in [6.07, 6.45) is 0. The predicted molar refractivity (Wildman–Crippen MR) is 88.9 cm³/mol. The molecule has 1 N–H and O–H groups in total. The molecule has 2 aromatic rings. The fourth-order valence-corrected chi connectivity index (χ4v) is 2.64. The Morgan fingerprint density at radius 3 is 2.73 bits per heavy atom. The van der Waals surface area contributed by atoms with Gasteiger partial charge in [0.2, 0.25) is 5.91 Å². The van der Waals surface area contributed by atoms with Gasteiger partial charge in [0.25, 0.3) is 0 Å². The van der Waals surface area contributed by atoms with Gasteiger partial charge in [-0.1, -0.05) is 12.1 Å². The summed E-state index contributed by atoms with van der Waals surface area (Å²) in [6.45, 7) is 0. The SMILES string of the molecule is COc1ccc(NC(=O)CSCc2cccc(C#N)c2)cc1. The smallest absolute Gasteiger partial charge is 0.234 e. The van der Waals surface area contributed by atoms with Crippen LogP contribution in [0.15, 0.2) is 48.5 Å². The van der Waals surface area contributed by atoms with Gasteiger partial charge in [-0.3, -0.25) is 4.79 Å². The van der Waals surface area contributed by atoms with Gasteiger partial charge in [0.05, 0.1) is 24.5 Å². The minimum absolute atomic E-state index is 0.0494. The molecule has 1 amide bonds. The number of thioether (sulfide) groups is 1. The van der Waals surface area contributed by atoms with E-state index in [0.717, 1.165) is 17.0 Å². The molecule has 0 spiro atoms. The predicted octanol–water partition coefficient (Wildman–Crippen LogP) is 3.44. The second kappa shape index (κ2) is 8.11. The monoisotopic (exact) mass is 312 g/mol. The van der Waals surface area contributed by atoms with E-state index in [1.54, 1.807) is 37.4 Å². The third kappa shape index (κ3) is 4.83. The maximum atomic E-state index is 11.9. The quantitative estimate of drug-likeness (QED) is 0.887. The van der Waals surface area contributed by atoms with E-state index in [1.807, 2.05) is 18.2 Å². The number of anilines is 1. The van der Waals surface area contributed by atoms with Crippen molar-refractivity contribution < 1.29 is 9.53 Å². The van der Waals surface area contributed by atoms with Crippen LogP contribution in [0.3, 0.4) is 0 Å². The summed E-state index contributed by atoms with van der Waals surface area (Å²) in [5.41, 5.74) is 2.43. The van der Waals surface area contributed by atoms with Crippen LogP contribution in [0.5, 0.6) is 5.75 Å². The maximum Gasteiger partial charge on any atom is 0.234 e. The molecule has 5 heteroatoms. The Balaban J connectivity index is 1.78. The number of nitriles is 1. The summed E-state index contributed by atoms with van der Waals surface area (Å²) in [6, 6.07) is 16.7. The molecule has 2 aromatic carbocycles. The third-order valence-corrected chi connectivity index (χ3v) is 3.94. The molecule has 0 aromatic heterocycles. The maximum absolute atomic E-state index is 11.9. The molecule has 0 radical (unpaired) electrons. The van der Waals surface area contributed by atoms with E-state index in [0.29, 0.717) is 17.1 Å². The molecule has 0 saturated heterocycles. The molecule has 0 unspecified atom stereocenters. The van der Waals surface area contributed by atoms with Crippen molar-refractivity contribution in [3.05, 3.63) is 59.7 Å². The summed E-state index contributed by atoms with van der Waals surface area (Å²) in [4.78, 5) is 11.9. The Kier molecular flexibility index (Phi) is 5.87. The summed E-state index contributed by atoms with van der Waals surface area (Å²) in [7, 11) is 1.60. The highest BCUT2D eigenvalue weighted by Gasteiger charge is 2.04. The van der Waals surface area contributed by atoms with Gasteiger partial charge in [-0.05, 0) is 42.0 Å². The average Bonchev–Trinajstić information content (AvgIpc) is 2.56. The lowest BCUT2D eigenvalue weighted by Crippen LogP contribution is -2.14. The minimum atomic E-state index is -0.0494. The van der Waals surface area contributed by atoms with Gasteiger partial charge in [0.15, 0.2) is 0 Å². The first-order valence-corrected chi connectivity index (χ1v) is 7.87. The van der Waals surface area contributed by atoms with Gasteiger partial charge in [0, 0.05) is 11.4 Å². The number of carbonyl (C=O) groups excluding carboxylic acids is 1. The van der Waals surface area contributed by atoms with Gasteiger partial charge in [-0.25, -0.2) is 0 Å².